The maximum Gasteiger partial charge on any atom is 0.416 e. The van der Waals surface area contributed by atoms with Crippen molar-refractivity contribution in [2.45, 2.75) is 29.8 Å². The van der Waals surface area contributed by atoms with E-state index in [9.17, 15) is 38.8 Å². The second kappa shape index (κ2) is 16.1. The summed E-state index contributed by atoms with van der Waals surface area (Å²) in [5, 5.41) is 0.678. The second-order valence-corrected chi connectivity index (χ2v) is 15.7. The maximum atomic E-state index is 13.3. The Morgan fingerprint density at radius 1 is 0.630 bits per heavy atom. The van der Waals surface area contributed by atoms with Crippen LogP contribution in [0.3, 0.4) is 0 Å². The normalized spacial score (nSPS) is 11.7. The van der Waals surface area contributed by atoms with Crippen molar-refractivity contribution in [2.24, 2.45) is 0 Å². The number of rotatable bonds is 8. The molecule has 8 nitrogen and oxygen atoms in total. The summed E-state index contributed by atoms with van der Waals surface area (Å²) in [6.07, 6.45) is -3.27. The molecule has 2 aromatic heterocycles. The van der Waals surface area contributed by atoms with Crippen LogP contribution in [-0.2, 0) is 26.2 Å². The fraction of sp³-hybridized carbons (Fsp3) is 0.0811. The zero-order chi connectivity index (χ0) is 39.4. The molecule has 0 atom stereocenters. The van der Waals surface area contributed by atoms with Gasteiger partial charge in [0.15, 0.2) is 0 Å². The molecule has 2 N–H and O–H groups in total. The van der Waals surface area contributed by atoms with E-state index in [2.05, 4.69) is 19.4 Å². The number of alkyl halides is 3. The number of sulfonamides is 2. The molecule has 0 unspecified atom stereocenters. The molecule has 0 amide bonds. The fourth-order valence-corrected chi connectivity index (χ4v) is 7.48. The van der Waals surface area contributed by atoms with Crippen molar-refractivity contribution >= 4 is 54.9 Å². The second-order valence-electron chi connectivity index (χ2n) is 11.5. The minimum absolute atomic E-state index is 0.0562. The van der Waals surface area contributed by atoms with E-state index in [0.29, 0.717) is 32.9 Å². The van der Waals surface area contributed by atoms with E-state index in [0.717, 1.165) is 47.0 Å². The van der Waals surface area contributed by atoms with Gasteiger partial charge in [-0.25, -0.2) is 35.6 Å². The Hall–Kier alpha value is -5.09. The van der Waals surface area contributed by atoms with E-state index in [1.54, 1.807) is 50.2 Å². The third-order valence-corrected chi connectivity index (χ3v) is 11.2. The molecule has 6 aromatic rings. The van der Waals surface area contributed by atoms with Crippen molar-refractivity contribution in [1.82, 2.24) is 9.97 Å². The van der Waals surface area contributed by atoms with Gasteiger partial charge in [0.25, 0.3) is 20.0 Å². The lowest BCUT2D eigenvalue weighted by Crippen LogP contribution is -2.15. The molecular formula is C37H27Cl2F5N4O4S2. The predicted molar refractivity (Wildman–Crippen MR) is 198 cm³/mol. The first-order valence-corrected chi connectivity index (χ1v) is 19.2. The van der Waals surface area contributed by atoms with E-state index in [-0.39, 0.29) is 22.3 Å². The lowest BCUT2D eigenvalue weighted by molar-refractivity contribution is -0.137. The summed E-state index contributed by atoms with van der Waals surface area (Å²) in [5.41, 5.74) is 3.10. The summed E-state index contributed by atoms with van der Waals surface area (Å²) in [4.78, 5) is 7.70. The Balaban J connectivity index is 0.000000208. The Morgan fingerprint density at radius 2 is 1.24 bits per heavy atom. The Kier molecular flexibility index (Phi) is 12.0. The number of benzene rings is 4. The summed E-state index contributed by atoms with van der Waals surface area (Å²) < 4.78 is 119. The van der Waals surface area contributed by atoms with Gasteiger partial charge in [-0.05, 0) is 110 Å². The average molecular weight is 822 g/mol. The van der Waals surface area contributed by atoms with Gasteiger partial charge in [-0.3, -0.25) is 9.44 Å². The van der Waals surface area contributed by atoms with Crippen LogP contribution in [0.1, 0.15) is 16.8 Å². The summed E-state index contributed by atoms with van der Waals surface area (Å²) in [5.74, 6) is -0.743. The third kappa shape index (κ3) is 9.71. The standard InChI is InChI=1S/C19H16F2N2O2S.C18H11Cl2F3N2O2S/c1-12-11-15(21)5-8-17(12)18-9-10-19(22-13(18)2)23-26(24,25)16-6-3-14(20)4-7-16;19-15-6-2-5-14(17(15)20)11-7-8-16(24-10-11)25-28(26,27)13-4-1-3-12(9-13)18(21,22)23/h3-11H,1-2H3,(H,22,23);1-10H,(H,24,25). The zero-order valence-corrected chi connectivity index (χ0v) is 31.1. The number of nitrogens with zero attached hydrogens (tertiary/aromatic N) is 2. The predicted octanol–water partition coefficient (Wildman–Crippen LogP) is 10.3. The van der Waals surface area contributed by atoms with Crippen molar-refractivity contribution in [3.8, 4) is 22.3 Å². The quantitative estimate of drug-likeness (QED) is 0.148. The molecule has 17 heteroatoms. The molecule has 0 radical (unpaired) electrons. The van der Waals surface area contributed by atoms with Crippen LogP contribution in [0.4, 0.5) is 33.6 Å². The molecule has 0 saturated heterocycles. The molecule has 0 saturated carbocycles. The van der Waals surface area contributed by atoms with Crippen molar-refractivity contribution in [1.29, 1.82) is 0 Å². The first-order valence-electron chi connectivity index (χ1n) is 15.5. The van der Waals surface area contributed by atoms with Crippen molar-refractivity contribution in [2.75, 3.05) is 9.44 Å². The molecule has 0 spiro atoms. The number of aromatic nitrogens is 2. The highest BCUT2D eigenvalue weighted by atomic mass is 35.5. The highest BCUT2D eigenvalue weighted by Gasteiger charge is 2.31. The van der Waals surface area contributed by atoms with Gasteiger partial charge < -0.3 is 0 Å². The molecule has 4 aromatic carbocycles. The largest absolute Gasteiger partial charge is 0.416 e. The first-order chi connectivity index (χ1) is 25.3. The van der Waals surface area contributed by atoms with Gasteiger partial charge in [0.05, 0.1) is 25.4 Å². The molecule has 0 bridgehead atoms. The van der Waals surface area contributed by atoms with Gasteiger partial charge in [0.2, 0.25) is 0 Å². The van der Waals surface area contributed by atoms with Crippen LogP contribution in [0, 0.1) is 25.5 Å². The van der Waals surface area contributed by atoms with Gasteiger partial charge in [-0.1, -0.05) is 47.5 Å². The maximum absolute atomic E-state index is 13.3. The van der Waals surface area contributed by atoms with Crippen LogP contribution >= 0.6 is 23.2 Å². The molecule has 2 heterocycles. The fourth-order valence-electron chi connectivity index (χ4n) is 5.02. The number of anilines is 2. The minimum atomic E-state index is -4.65. The number of aryl methyl sites for hydroxylation is 2. The topological polar surface area (TPSA) is 118 Å². The van der Waals surface area contributed by atoms with E-state index in [4.69, 9.17) is 23.2 Å². The Labute approximate surface area is 317 Å². The lowest BCUT2D eigenvalue weighted by Gasteiger charge is -2.12. The van der Waals surface area contributed by atoms with E-state index >= 15 is 0 Å². The summed E-state index contributed by atoms with van der Waals surface area (Å²) >= 11 is 12.1. The first kappa shape index (κ1) is 40.1. The smallest absolute Gasteiger partial charge is 0.263 e. The van der Waals surface area contributed by atoms with Crippen molar-refractivity contribution in [3.63, 3.8) is 0 Å². The van der Waals surface area contributed by atoms with E-state index in [1.165, 1.54) is 42.6 Å². The van der Waals surface area contributed by atoms with Crippen LogP contribution in [0.2, 0.25) is 10.0 Å². The van der Waals surface area contributed by atoms with Crippen LogP contribution in [0.15, 0.2) is 125 Å². The number of nitrogens with one attached hydrogen (secondary N) is 2. The molecule has 0 aliphatic carbocycles. The Morgan fingerprint density at radius 3 is 1.87 bits per heavy atom. The molecule has 0 aliphatic rings. The van der Waals surface area contributed by atoms with Crippen LogP contribution in [0.25, 0.3) is 22.3 Å². The minimum Gasteiger partial charge on any atom is -0.263 e. The zero-order valence-electron chi connectivity index (χ0n) is 28.0. The SMILES string of the molecule is Cc1cc(F)ccc1-c1ccc(NS(=O)(=O)c2ccc(F)cc2)nc1C.O=S(=O)(Nc1ccc(-c2cccc(Cl)c2Cl)cn1)c1cccc(C(F)(F)F)c1. The molecule has 280 valence electrons. The van der Waals surface area contributed by atoms with Crippen LogP contribution in [0.5, 0.6) is 0 Å². The highest BCUT2D eigenvalue weighted by molar-refractivity contribution is 7.93. The summed E-state index contributed by atoms with van der Waals surface area (Å²) in [6.45, 7) is 3.54. The number of hydrogen-bond acceptors (Lipinski definition) is 6. The monoisotopic (exact) mass is 820 g/mol. The van der Waals surface area contributed by atoms with Gasteiger partial charge in [-0.2, -0.15) is 13.2 Å². The van der Waals surface area contributed by atoms with Crippen LogP contribution in [-0.4, -0.2) is 26.8 Å². The Bertz CT molecular complexity index is 2540. The number of pyridine rings is 2. The number of hydrogen-bond donors (Lipinski definition) is 2. The van der Waals surface area contributed by atoms with E-state index in [1.807, 2.05) is 0 Å². The summed E-state index contributed by atoms with van der Waals surface area (Å²) in [6, 6.07) is 23.7. The average Bonchev–Trinajstić information content (AvgIpc) is 3.10. The molecule has 0 aliphatic heterocycles. The van der Waals surface area contributed by atoms with Crippen molar-refractivity contribution < 1.29 is 38.8 Å². The lowest BCUT2D eigenvalue weighted by atomic mass is 9.99. The van der Waals surface area contributed by atoms with Gasteiger partial charge >= 0.3 is 6.18 Å². The highest BCUT2D eigenvalue weighted by Crippen LogP contribution is 2.34. The van der Waals surface area contributed by atoms with Gasteiger partial charge in [0, 0.05) is 28.6 Å². The van der Waals surface area contributed by atoms with Gasteiger partial charge in [-0.15, -0.1) is 0 Å². The molecule has 0 fully saturated rings. The van der Waals surface area contributed by atoms with E-state index < -0.39 is 42.5 Å². The molecule has 6 rings (SSSR count). The molecular weight excluding hydrogens is 794 g/mol. The third-order valence-electron chi connectivity index (χ3n) is 7.66. The van der Waals surface area contributed by atoms with Gasteiger partial charge in [0.1, 0.15) is 23.3 Å². The van der Waals surface area contributed by atoms with Crippen molar-refractivity contribution in [3.05, 3.63) is 154 Å². The molecule has 54 heavy (non-hydrogen) atoms. The summed E-state index contributed by atoms with van der Waals surface area (Å²) in [7, 11) is -8.12. The van der Waals surface area contributed by atoms with Crippen LogP contribution < -0.4 is 9.44 Å². The number of halogens is 7.